The molecule has 26 heavy (non-hydrogen) atoms. The number of nitrogens with two attached hydrogens (primary N) is 1. The van der Waals surface area contributed by atoms with Crippen LogP contribution in [0.2, 0.25) is 0 Å². The molecule has 1 heterocycles. The fourth-order valence-corrected chi connectivity index (χ4v) is 5.11. The first kappa shape index (κ1) is 21.3. The molecule has 5 nitrogen and oxygen atoms in total. The molecule has 0 radical (unpaired) electrons. The minimum atomic E-state index is -0.516. The van der Waals surface area contributed by atoms with E-state index in [-0.39, 0.29) is 36.7 Å². The second kappa shape index (κ2) is 8.80. The molecule has 0 aromatic heterocycles. The van der Waals surface area contributed by atoms with Gasteiger partial charge in [-0.1, -0.05) is 0 Å². The molecule has 0 unspecified atom stereocenters. The predicted octanol–water partition coefficient (Wildman–Crippen LogP) is 3.62. The third-order valence-electron chi connectivity index (χ3n) is 3.74. The van der Waals surface area contributed by atoms with Crippen LogP contribution in [0, 0.1) is 5.41 Å². The molecule has 0 saturated heterocycles. The number of ketones is 1. The molecule has 1 aliphatic rings. The van der Waals surface area contributed by atoms with Crippen LogP contribution in [0.1, 0.15) is 21.5 Å². The van der Waals surface area contributed by atoms with E-state index in [1.807, 2.05) is 30.3 Å². The molecule has 9 heteroatoms. The Morgan fingerprint density at radius 1 is 1.12 bits per heavy atom. The zero-order chi connectivity index (χ0) is 18.1. The van der Waals surface area contributed by atoms with Gasteiger partial charge in [0.1, 0.15) is 0 Å². The van der Waals surface area contributed by atoms with E-state index in [0.29, 0.717) is 22.3 Å². The van der Waals surface area contributed by atoms with Crippen LogP contribution < -0.4 is 10.6 Å². The molecule has 0 aliphatic carbocycles. The SMILES string of the molecule is Br.N=C(N)[Se]Cc1ccc(CN2C(=O)C(=O)c3cc(Br)cc(Br)c32)cc1. The number of halogens is 3. The molecule has 1 aliphatic heterocycles. The number of carbonyl (C=O) groups excluding carboxylic acids is 2. The number of fused-ring (bicyclic) bond motifs is 1. The van der Waals surface area contributed by atoms with E-state index < -0.39 is 11.7 Å². The van der Waals surface area contributed by atoms with E-state index in [2.05, 4.69) is 31.9 Å². The third-order valence-corrected chi connectivity index (χ3v) is 6.46. The van der Waals surface area contributed by atoms with Crippen molar-refractivity contribution in [2.24, 2.45) is 5.73 Å². The van der Waals surface area contributed by atoms with Gasteiger partial charge >= 0.3 is 168 Å². The van der Waals surface area contributed by atoms with E-state index in [0.717, 1.165) is 20.9 Å². The van der Waals surface area contributed by atoms with Gasteiger partial charge in [0.05, 0.1) is 0 Å². The fourth-order valence-electron chi connectivity index (χ4n) is 2.59. The van der Waals surface area contributed by atoms with Gasteiger partial charge in [0.15, 0.2) is 0 Å². The van der Waals surface area contributed by atoms with Crippen molar-refractivity contribution < 1.29 is 9.59 Å². The zero-order valence-corrected chi connectivity index (χ0v) is 19.9. The molecule has 1 amide bonds. The van der Waals surface area contributed by atoms with Crippen LogP contribution in [0.5, 0.6) is 0 Å². The molecule has 2 aromatic carbocycles. The molecule has 0 saturated carbocycles. The van der Waals surface area contributed by atoms with Gasteiger partial charge < -0.3 is 0 Å². The Balaban J connectivity index is 0.00000243. The Morgan fingerprint density at radius 3 is 2.35 bits per heavy atom. The van der Waals surface area contributed by atoms with Gasteiger partial charge in [-0.3, -0.25) is 0 Å². The molecule has 0 atom stereocenters. The maximum absolute atomic E-state index is 12.4. The average molecular weight is 611 g/mol. The topological polar surface area (TPSA) is 87.2 Å². The van der Waals surface area contributed by atoms with Gasteiger partial charge in [0.25, 0.3) is 0 Å². The van der Waals surface area contributed by atoms with E-state index in [1.54, 1.807) is 6.07 Å². The molecule has 0 bridgehead atoms. The van der Waals surface area contributed by atoms with Crippen LogP contribution in [0.3, 0.4) is 0 Å². The van der Waals surface area contributed by atoms with Crippen molar-refractivity contribution >= 4 is 85.9 Å². The summed E-state index contributed by atoms with van der Waals surface area (Å²) in [5.74, 6) is -1.00. The van der Waals surface area contributed by atoms with Crippen LogP contribution in [-0.2, 0) is 16.7 Å². The monoisotopic (exact) mass is 609 g/mol. The molecule has 0 spiro atoms. The van der Waals surface area contributed by atoms with Gasteiger partial charge in [-0.15, -0.1) is 17.0 Å². The van der Waals surface area contributed by atoms with Crippen molar-refractivity contribution in [2.45, 2.75) is 11.9 Å². The van der Waals surface area contributed by atoms with Crippen molar-refractivity contribution in [3.05, 3.63) is 62.0 Å². The summed E-state index contributed by atoms with van der Waals surface area (Å²) >= 11 is 6.76. The Bertz CT molecular complexity index is 888. The van der Waals surface area contributed by atoms with E-state index in [4.69, 9.17) is 11.1 Å². The number of hydrogen-bond donors (Lipinski definition) is 2. The fraction of sp³-hybridized carbons (Fsp3) is 0.118. The number of Topliss-reactive ketones (excluding diaryl/α,β-unsaturated/α-hetero) is 1. The normalized spacial score (nSPS) is 12.8. The predicted molar refractivity (Wildman–Crippen MR) is 115 cm³/mol. The number of amidine groups is 1. The van der Waals surface area contributed by atoms with Crippen molar-refractivity contribution in [2.75, 3.05) is 4.90 Å². The van der Waals surface area contributed by atoms with E-state index in [1.165, 1.54) is 4.90 Å². The number of nitrogens with one attached hydrogen (secondary N) is 1. The van der Waals surface area contributed by atoms with Gasteiger partial charge in [0.2, 0.25) is 0 Å². The van der Waals surface area contributed by atoms with Gasteiger partial charge in [-0.2, -0.15) is 0 Å². The van der Waals surface area contributed by atoms with Crippen LogP contribution in [0.15, 0.2) is 45.3 Å². The molecule has 2 aromatic rings. The summed E-state index contributed by atoms with van der Waals surface area (Å²) in [5, 5.41) is 8.07. The number of rotatable bonds is 5. The van der Waals surface area contributed by atoms with Crippen LogP contribution in [-0.4, -0.2) is 31.4 Å². The van der Waals surface area contributed by atoms with Gasteiger partial charge in [-0.25, -0.2) is 0 Å². The summed E-state index contributed by atoms with van der Waals surface area (Å²) in [5.41, 5.74) is 8.47. The number of hydrogen-bond acceptors (Lipinski definition) is 3. The number of carbonyl (C=O) groups is 2. The Kier molecular flexibility index (Phi) is 7.21. The summed E-state index contributed by atoms with van der Waals surface area (Å²) in [4.78, 5) is 26.1. The van der Waals surface area contributed by atoms with Crippen LogP contribution in [0.4, 0.5) is 5.69 Å². The first-order chi connectivity index (χ1) is 11.9. The van der Waals surface area contributed by atoms with Crippen molar-refractivity contribution in [1.29, 1.82) is 5.41 Å². The van der Waals surface area contributed by atoms with E-state index >= 15 is 0 Å². The Morgan fingerprint density at radius 2 is 1.73 bits per heavy atom. The second-order valence-electron chi connectivity index (χ2n) is 5.47. The average Bonchev–Trinajstić information content (AvgIpc) is 2.79. The Hall–Kier alpha value is -0.991. The number of anilines is 1. The number of benzene rings is 2. The summed E-state index contributed by atoms with van der Waals surface area (Å²) in [7, 11) is 0. The van der Waals surface area contributed by atoms with Gasteiger partial charge in [0, 0.05) is 0 Å². The third kappa shape index (κ3) is 4.46. The van der Waals surface area contributed by atoms with E-state index in [9.17, 15) is 9.59 Å². The second-order valence-corrected chi connectivity index (χ2v) is 9.38. The van der Waals surface area contributed by atoms with Crippen molar-refractivity contribution in [3.63, 3.8) is 0 Å². The molecular formula is C17H14Br3N3O2Se. The minimum absolute atomic E-state index is 0. The first-order valence-corrected chi connectivity index (χ1v) is 10.9. The zero-order valence-electron chi connectivity index (χ0n) is 13.3. The van der Waals surface area contributed by atoms with Crippen molar-refractivity contribution in [1.82, 2.24) is 0 Å². The molecule has 0 fully saturated rings. The molecular weight excluding hydrogens is 597 g/mol. The summed E-state index contributed by atoms with van der Waals surface area (Å²) in [6.07, 6.45) is 0. The first-order valence-electron chi connectivity index (χ1n) is 7.26. The maximum atomic E-state index is 12.4. The van der Waals surface area contributed by atoms with Crippen LogP contribution in [0.25, 0.3) is 0 Å². The summed E-state index contributed by atoms with van der Waals surface area (Å²) in [6.45, 7) is 0.329. The number of amides is 1. The van der Waals surface area contributed by atoms with Crippen molar-refractivity contribution in [3.8, 4) is 0 Å². The molecule has 3 rings (SSSR count). The Labute approximate surface area is 184 Å². The summed E-state index contributed by atoms with van der Waals surface area (Å²) < 4.78 is 1.68. The standard InChI is InChI=1S/C17H13Br2N3O2Se.BrH/c18-11-5-12-14(13(19)6-11)22(16(24)15(12)23)7-9-1-3-10(4-2-9)8-25-17(20)21;/h1-6H,7-8H2,(H3,20,21);1H. The molecule has 136 valence electrons. The summed E-state index contributed by atoms with van der Waals surface area (Å²) in [6, 6.07) is 11.3. The quantitative estimate of drug-likeness (QED) is 0.235. The van der Waals surface area contributed by atoms with Gasteiger partial charge in [-0.05, 0) is 0 Å². The number of nitrogens with zero attached hydrogens (tertiary/aromatic N) is 1. The molecule has 3 N–H and O–H groups in total. The van der Waals surface area contributed by atoms with Crippen LogP contribution >= 0.6 is 48.8 Å².